The lowest BCUT2D eigenvalue weighted by molar-refractivity contribution is -0.116. The van der Waals surface area contributed by atoms with Crippen LogP contribution in [0.3, 0.4) is 0 Å². The lowest BCUT2D eigenvalue weighted by atomic mass is 10.1. The molecule has 1 aliphatic rings. The third kappa shape index (κ3) is 2.63. The third-order valence-corrected chi connectivity index (χ3v) is 3.97. The molecule has 0 saturated carbocycles. The molecular weight excluding hydrogens is 270 g/mol. The van der Waals surface area contributed by atoms with Crippen LogP contribution in [-0.4, -0.2) is 22.1 Å². The first kappa shape index (κ1) is 13.0. The van der Waals surface area contributed by atoms with Gasteiger partial charge in [0.2, 0.25) is 0 Å². The van der Waals surface area contributed by atoms with E-state index in [2.05, 4.69) is 22.5 Å². The van der Waals surface area contributed by atoms with Crippen LogP contribution in [0.2, 0.25) is 0 Å². The molecule has 1 aromatic heterocycles. The number of nitrogens with one attached hydrogen (secondary N) is 2. The van der Waals surface area contributed by atoms with Crippen molar-refractivity contribution < 1.29 is 4.79 Å². The van der Waals surface area contributed by atoms with Crippen LogP contribution < -0.4 is 10.6 Å². The highest BCUT2D eigenvalue weighted by Crippen LogP contribution is 2.18. The monoisotopic (exact) mass is 285 g/mol. The standard InChI is InChI=1S/C15H15N3OS/c1-2-20-15-17-13(14(19)18-15)9-10-5-6-11-4-3-7-16-12(11)8-10/h3-9,15,17H,2H2,1H3,(H,18,19)/b13-9-. The number of pyridine rings is 1. The highest BCUT2D eigenvalue weighted by atomic mass is 32.2. The topological polar surface area (TPSA) is 54.0 Å². The van der Waals surface area contributed by atoms with E-state index in [0.29, 0.717) is 5.70 Å². The van der Waals surface area contributed by atoms with Crippen LogP contribution in [0.4, 0.5) is 0 Å². The quantitative estimate of drug-likeness (QED) is 0.850. The number of carbonyl (C=O) groups excluding carboxylic acids is 1. The van der Waals surface area contributed by atoms with Crippen molar-refractivity contribution in [2.75, 3.05) is 5.75 Å². The van der Waals surface area contributed by atoms with Gasteiger partial charge in [0.25, 0.3) is 5.91 Å². The number of rotatable bonds is 3. The van der Waals surface area contributed by atoms with E-state index in [1.54, 1.807) is 18.0 Å². The van der Waals surface area contributed by atoms with Gasteiger partial charge in [0.1, 0.15) is 11.2 Å². The number of carbonyl (C=O) groups is 1. The van der Waals surface area contributed by atoms with Crippen LogP contribution in [0.15, 0.2) is 42.2 Å². The number of hydrogen-bond acceptors (Lipinski definition) is 4. The Kier molecular flexibility index (Phi) is 3.60. The van der Waals surface area contributed by atoms with Gasteiger partial charge < -0.3 is 10.6 Å². The second kappa shape index (κ2) is 5.54. The molecule has 3 rings (SSSR count). The Labute approximate surface area is 121 Å². The van der Waals surface area contributed by atoms with Crippen molar-refractivity contribution in [1.82, 2.24) is 15.6 Å². The predicted octanol–water partition coefficient (Wildman–Crippen LogP) is 2.33. The van der Waals surface area contributed by atoms with Crippen LogP contribution in [-0.2, 0) is 4.79 Å². The molecule has 1 unspecified atom stereocenters. The Morgan fingerprint density at radius 3 is 3.10 bits per heavy atom. The van der Waals surface area contributed by atoms with E-state index in [1.807, 2.05) is 36.4 Å². The minimum absolute atomic E-state index is 0.0302. The SMILES string of the molecule is CCSC1NC(=O)/C(=C/c2ccc3cccnc3c2)N1. The van der Waals surface area contributed by atoms with Crippen molar-refractivity contribution >= 4 is 34.6 Å². The minimum Gasteiger partial charge on any atom is -0.352 e. The highest BCUT2D eigenvalue weighted by Gasteiger charge is 2.24. The van der Waals surface area contributed by atoms with Gasteiger partial charge in [-0.15, -0.1) is 11.8 Å². The van der Waals surface area contributed by atoms with E-state index in [0.717, 1.165) is 22.2 Å². The molecule has 2 N–H and O–H groups in total. The summed E-state index contributed by atoms with van der Waals surface area (Å²) in [5.41, 5.74) is 2.47. The summed E-state index contributed by atoms with van der Waals surface area (Å²) in [6, 6.07) is 9.93. The summed E-state index contributed by atoms with van der Waals surface area (Å²) in [6.45, 7) is 2.06. The number of benzene rings is 1. The molecule has 2 heterocycles. The maximum atomic E-state index is 11.9. The molecular formula is C15H15N3OS. The van der Waals surface area contributed by atoms with Crippen molar-refractivity contribution in [1.29, 1.82) is 0 Å². The van der Waals surface area contributed by atoms with Crippen LogP contribution in [0.5, 0.6) is 0 Å². The van der Waals surface area contributed by atoms with E-state index in [-0.39, 0.29) is 11.4 Å². The summed E-state index contributed by atoms with van der Waals surface area (Å²) >= 11 is 1.66. The molecule has 102 valence electrons. The normalized spacial score (nSPS) is 20.1. The Hall–Kier alpha value is -2.01. The first-order valence-corrected chi connectivity index (χ1v) is 7.56. The van der Waals surface area contributed by atoms with Crippen LogP contribution in [0.25, 0.3) is 17.0 Å². The minimum atomic E-state index is -0.0583. The zero-order valence-corrected chi connectivity index (χ0v) is 11.9. The first-order chi connectivity index (χ1) is 9.76. The van der Waals surface area contributed by atoms with Crippen LogP contribution >= 0.6 is 11.8 Å². The first-order valence-electron chi connectivity index (χ1n) is 6.52. The molecule has 4 nitrogen and oxygen atoms in total. The fourth-order valence-corrected chi connectivity index (χ4v) is 2.87. The summed E-state index contributed by atoms with van der Waals surface area (Å²) in [7, 11) is 0. The van der Waals surface area contributed by atoms with Gasteiger partial charge in [-0.25, -0.2) is 0 Å². The fraction of sp³-hybridized carbons (Fsp3) is 0.200. The number of nitrogens with zero attached hydrogens (tertiary/aromatic N) is 1. The molecule has 20 heavy (non-hydrogen) atoms. The van der Waals surface area contributed by atoms with Crippen molar-refractivity contribution in [2.24, 2.45) is 0 Å². The molecule has 1 amide bonds. The Bertz CT molecular complexity index is 684. The van der Waals surface area contributed by atoms with Gasteiger partial charge >= 0.3 is 0 Å². The van der Waals surface area contributed by atoms with E-state index in [1.165, 1.54) is 0 Å². The molecule has 5 heteroatoms. The maximum Gasteiger partial charge on any atom is 0.269 e. The van der Waals surface area contributed by atoms with Crippen molar-refractivity contribution in [2.45, 2.75) is 12.4 Å². The smallest absolute Gasteiger partial charge is 0.269 e. The molecule has 0 bridgehead atoms. The van der Waals surface area contributed by atoms with Gasteiger partial charge in [-0.05, 0) is 29.5 Å². The van der Waals surface area contributed by atoms with E-state index < -0.39 is 0 Å². The van der Waals surface area contributed by atoms with Gasteiger partial charge in [0, 0.05) is 11.6 Å². The molecule has 0 aliphatic carbocycles. The fourth-order valence-electron chi connectivity index (χ4n) is 2.14. The van der Waals surface area contributed by atoms with E-state index in [9.17, 15) is 4.79 Å². The van der Waals surface area contributed by atoms with E-state index in [4.69, 9.17) is 0 Å². The summed E-state index contributed by atoms with van der Waals surface area (Å²) in [6.07, 6.45) is 3.63. The molecule has 2 aromatic rings. The number of fused-ring (bicyclic) bond motifs is 1. The van der Waals surface area contributed by atoms with Gasteiger partial charge in [-0.1, -0.05) is 25.1 Å². The number of hydrogen-bond donors (Lipinski definition) is 2. The molecule has 1 aromatic carbocycles. The van der Waals surface area contributed by atoms with Gasteiger partial charge in [0.05, 0.1) is 5.52 Å². The second-order valence-corrected chi connectivity index (χ2v) is 5.85. The van der Waals surface area contributed by atoms with Crippen molar-refractivity contribution in [3.8, 4) is 0 Å². The summed E-state index contributed by atoms with van der Waals surface area (Å²) in [4.78, 5) is 16.2. The molecule has 1 fully saturated rings. The van der Waals surface area contributed by atoms with Crippen LogP contribution in [0.1, 0.15) is 12.5 Å². The number of amides is 1. The molecule has 1 saturated heterocycles. The Morgan fingerprint density at radius 1 is 1.35 bits per heavy atom. The average Bonchev–Trinajstić information content (AvgIpc) is 2.79. The lowest BCUT2D eigenvalue weighted by Gasteiger charge is -2.07. The average molecular weight is 285 g/mol. The molecule has 0 spiro atoms. The molecule has 1 atom stereocenters. The lowest BCUT2D eigenvalue weighted by Crippen LogP contribution is -2.28. The third-order valence-electron chi connectivity index (χ3n) is 3.07. The molecule has 0 radical (unpaired) electrons. The number of thioether (sulfide) groups is 1. The Balaban J connectivity index is 1.88. The Morgan fingerprint density at radius 2 is 2.25 bits per heavy atom. The summed E-state index contributed by atoms with van der Waals surface area (Å²) < 4.78 is 0. The van der Waals surface area contributed by atoms with Crippen molar-refractivity contribution in [3.05, 3.63) is 47.8 Å². The zero-order valence-electron chi connectivity index (χ0n) is 11.1. The number of aromatic nitrogens is 1. The maximum absolute atomic E-state index is 11.9. The van der Waals surface area contributed by atoms with Crippen LogP contribution in [0, 0.1) is 0 Å². The second-order valence-electron chi connectivity index (χ2n) is 4.47. The molecule has 1 aliphatic heterocycles. The van der Waals surface area contributed by atoms with Crippen molar-refractivity contribution in [3.63, 3.8) is 0 Å². The predicted molar refractivity (Wildman–Crippen MR) is 82.9 cm³/mol. The van der Waals surface area contributed by atoms with Gasteiger partial charge in [-0.3, -0.25) is 9.78 Å². The van der Waals surface area contributed by atoms with Gasteiger partial charge in [-0.2, -0.15) is 0 Å². The largest absolute Gasteiger partial charge is 0.352 e. The zero-order chi connectivity index (χ0) is 13.9. The summed E-state index contributed by atoms with van der Waals surface area (Å²) in [5, 5.41) is 7.17. The highest BCUT2D eigenvalue weighted by molar-refractivity contribution is 7.99. The van der Waals surface area contributed by atoms with Gasteiger partial charge in [0.15, 0.2) is 0 Å². The summed E-state index contributed by atoms with van der Waals surface area (Å²) in [5.74, 6) is 0.891. The van der Waals surface area contributed by atoms with E-state index >= 15 is 0 Å².